The Bertz CT molecular complexity index is 326. The summed E-state index contributed by atoms with van der Waals surface area (Å²) in [5.41, 5.74) is 7.23. The first kappa shape index (κ1) is 14.8. The van der Waals surface area contributed by atoms with Gasteiger partial charge in [0.1, 0.15) is 0 Å². The third kappa shape index (κ3) is 4.17. The molecule has 0 unspecified atom stereocenters. The molecular formula is C17H29NO. The van der Waals surface area contributed by atoms with Gasteiger partial charge in [0.25, 0.3) is 0 Å². The number of nitrogens with two attached hydrogens (primary N) is 1. The molecule has 2 nitrogen and oxygen atoms in total. The molecule has 0 saturated heterocycles. The molecule has 108 valence electrons. The van der Waals surface area contributed by atoms with Crippen molar-refractivity contribution >= 4 is 5.78 Å². The highest BCUT2D eigenvalue weighted by Crippen LogP contribution is 2.39. The van der Waals surface area contributed by atoms with E-state index in [0.29, 0.717) is 18.7 Å². The van der Waals surface area contributed by atoms with Crippen LogP contribution in [0, 0.1) is 5.41 Å². The summed E-state index contributed by atoms with van der Waals surface area (Å²) in [7, 11) is 0. The van der Waals surface area contributed by atoms with Gasteiger partial charge in [-0.3, -0.25) is 4.79 Å². The Balaban J connectivity index is 1.97. The second-order valence-electron chi connectivity index (χ2n) is 6.55. The minimum Gasteiger partial charge on any atom is -0.330 e. The molecule has 2 N–H and O–H groups in total. The first-order valence-electron chi connectivity index (χ1n) is 8.18. The van der Waals surface area contributed by atoms with Gasteiger partial charge in [-0.1, -0.05) is 38.2 Å². The number of allylic oxidation sites excluding steroid dienone is 2. The second kappa shape index (κ2) is 7.23. The lowest BCUT2D eigenvalue weighted by Gasteiger charge is -2.36. The Morgan fingerprint density at radius 2 is 1.74 bits per heavy atom. The molecule has 1 fully saturated rings. The molecule has 2 aliphatic carbocycles. The van der Waals surface area contributed by atoms with Gasteiger partial charge in [-0.05, 0) is 56.1 Å². The summed E-state index contributed by atoms with van der Waals surface area (Å²) in [5, 5.41) is 0. The molecule has 0 aromatic rings. The first-order chi connectivity index (χ1) is 9.26. The molecule has 0 heterocycles. The zero-order chi connectivity index (χ0) is 13.6. The molecule has 0 bridgehead atoms. The van der Waals surface area contributed by atoms with Gasteiger partial charge in [0.15, 0.2) is 5.78 Å². The fraction of sp³-hybridized carbons (Fsp3) is 0.824. The van der Waals surface area contributed by atoms with Crippen LogP contribution in [0.15, 0.2) is 11.6 Å². The van der Waals surface area contributed by atoms with Crippen LogP contribution in [0.2, 0.25) is 0 Å². The van der Waals surface area contributed by atoms with E-state index >= 15 is 0 Å². The maximum absolute atomic E-state index is 12.6. The number of ketones is 1. The Morgan fingerprint density at radius 3 is 2.47 bits per heavy atom. The number of hydrogen-bond acceptors (Lipinski definition) is 2. The van der Waals surface area contributed by atoms with Crippen molar-refractivity contribution in [3.8, 4) is 0 Å². The van der Waals surface area contributed by atoms with Crippen molar-refractivity contribution in [2.45, 2.75) is 77.0 Å². The molecule has 1 saturated carbocycles. The molecule has 0 atom stereocenters. The van der Waals surface area contributed by atoms with E-state index in [9.17, 15) is 4.79 Å². The Hall–Kier alpha value is -0.630. The number of carbonyl (C=O) groups is 1. The SMILES string of the molecule is NCC1(CC(=O)C2=CCCCCCC2)CCCCC1. The van der Waals surface area contributed by atoms with Crippen LogP contribution < -0.4 is 5.73 Å². The molecular weight excluding hydrogens is 234 g/mol. The van der Waals surface area contributed by atoms with E-state index in [4.69, 9.17) is 5.73 Å². The van der Waals surface area contributed by atoms with Crippen LogP contribution in [0.1, 0.15) is 77.0 Å². The fourth-order valence-electron chi connectivity index (χ4n) is 3.65. The lowest BCUT2D eigenvalue weighted by Crippen LogP contribution is -2.35. The van der Waals surface area contributed by atoms with Crippen molar-refractivity contribution in [3.63, 3.8) is 0 Å². The van der Waals surface area contributed by atoms with E-state index < -0.39 is 0 Å². The third-order valence-corrected chi connectivity index (χ3v) is 5.03. The largest absolute Gasteiger partial charge is 0.330 e. The fourth-order valence-corrected chi connectivity index (χ4v) is 3.65. The van der Waals surface area contributed by atoms with E-state index in [2.05, 4.69) is 6.08 Å². The molecule has 0 amide bonds. The van der Waals surface area contributed by atoms with Gasteiger partial charge < -0.3 is 5.73 Å². The van der Waals surface area contributed by atoms with Crippen LogP contribution in [0.5, 0.6) is 0 Å². The predicted octanol–water partition coefficient (Wildman–Crippen LogP) is 4.14. The minimum absolute atomic E-state index is 0.124. The van der Waals surface area contributed by atoms with E-state index in [0.717, 1.165) is 31.3 Å². The average molecular weight is 263 g/mol. The minimum atomic E-state index is 0.124. The zero-order valence-electron chi connectivity index (χ0n) is 12.3. The Labute approximate surface area is 117 Å². The number of carbonyl (C=O) groups excluding carboxylic acids is 1. The van der Waals surface area contributed by atoms with Gasteiger partial charge in [-0.25, -0.2) is 0 Å². The van der Waals surface area contributed by atoms with Crippen molar-refractivity contribution < 1.29 is 4.79 Å². The summed E-state index contributed by atoms with van der Waals surface area (Å²) in [6, 6.07) is 0. The maximum Gasteiger partial charge on any atom is 0.159 e. The molecule has 0 radical (unpaired) electrons. The van der Waals surface area contributed by atoms with E-state index in [1.165, 1.54) is 44.9 Å². The van der Waals surface area contributed by atoms with Gasteiger partial charge in [0, 0.05) is 6.42 Å². The van der Waals surface area contributed by atoms with Gasteiger partial charge >= 0.3 is 0 Å². The normalized spacial score (nSPS) is 24.2. The highest BCUT2D eigenvalue weighted by molar-refractivity contribution is 5.95. The van der Waals surface area contributed by atoms with Crippen LogP contribution in [0.4, 0.5) is 0 Å². The number of Topliss-reactive ketones (excluding diaryl/α,β-unsaturated/α-hetero) is 1. The van der Waals surface area contributed by atoms with Crippen LogP contribution in [0.3, 0.4) is 0 Å². The highest BCUT2D eigenvalue weighted by Gasteiger charge is 2.33. The summed E-state index contributed by atoms with van der Waals surface area (Å²) in [6.07, 6.45) is 16.2. The molecule has 0 aromatic heterocycles. The Morgan fingerprint density at radius 1 is 1.05 bits per heavy atom. The molecule has 2 heteroatoms. The van der Waals surface area contributed by atoms with Gasteiger partial charge in [0.2, 0.25) is 0 Å². The second-order valence-corrected chi connectivity index (χ2v) is 6.55. The Kier molecular flexibility index (Phi) is 5.62. The summed E-state index contributed by atoms with van der Waals surface area (Å²) in [5.74, 6) is 0.397. The molecule has 19 heavy (non-hydrogen) atoms. The van der Waals surface area contributed by atoms with Crippen molar-refractivity contribution in [1.82, 2.24) is 0 Å². The molecule has 2 aliphatic rings. The summed E-state index contributed by atoms with van der Waals surface area (Å²) in [6.45, 7) is 0.687. The van der Waals surface area contributed by atoms with Crippen LogP contribution in [0.25, 0.3) is 0 Å². The van der Waals surface area contributed by atoms with Crippen LogP contribution >= 0.6 is 0 Å². The van der Waals surface area contributed by atoms with Crippen molar-refractivity contribution in [3.05, 3.63) is 11.6 Å². The first-order valence-corrected chi connectivity index (χ1v) is 8.18. The highest BCUT2D eigenvalue weighted by atomic mass is 16.1. The molecule has 2 rings (SSSR count). The predicted molar refractivity (Wildman–Crippen MR) is 80.0 cm³/mol. The average Bonchev–Trinajstić information content (AvgIpc) is 2.39. The van der Waals surface area contributed by atoms with Gasteiger partial charge in [0.05, 0.1) is 0 Å². The van der Waals surface area contributed by atoms with E-state index in [-0.39, 0.29) is 5.41 Å². The maximum atomic E-state index is 12.6. The van der Waals surface area contributed by atoms with E-state index in [1.807, 2.05) is 0 Å². The van der Waals surface area contributed by atoms with Crippen LogP contribution in [-0.2, 0) is 4.79 Å². The monoisotopic (exact) mass is 263 g/mol. The van der Waals surface area contributed by atoms with Crippen molar-refractivity contribution in [1.29, 1.82) is 0 Å². The summed E-state index contributed by atoms with van der Waals surface area (Å²) in [4.78, 5) is 12.6. The van der Waals surface area contributed by atoms with Crippen LogP contribution in [-0.4, -0.2) is 12.3 Å². The van der Waals surface area contributed by atoms with E-state index in [1.54, 1.807) is 0 Å². The molecule has 0 aliphatic heterocycles. The zero-order valence-corrected chi connectivity index (χ0v) is 12.3. The van der Waals surface area contributed by atoms with Gasteiger partial charge in [-0.15, -0.1) is 0 Å². The summed E-state index contributed by atoms with van der Waals surface area (Å²) >= 11 is 0. The smallest absolute Gasteiger partial charge is 0.159 e. The number of hydrogen-bond donors (Lipinski definition) is 1. The molecule has 0 spiro atoms. The van der Waals surface area contributed by atoms with Gasteiger partial charge in [-0.2, -0.15) is 0 Å². The molecule has 0 aromatic carbocycles. The summed E-state index contributed by atoms with van der Waals surface area (Å²) < 4.78 is 0. The quantitative estimate of drug-likeness (QED) is 0.828. The third-order valence-electron chi connectivity index (χ3n) is 5.03. The lowest BCUT2D eigenvalue weighted by molar-refractivity contribution is -0.118. The number of rotatable bonds is 4. The standard InChI is InChI=1S/C17H29NO/c18-14-17(11-7-4-8-12-17)13-16(19)15-9-5-2-1-3-6-10-15/h9H,1-8,10-14,18H2. The van der Waals surface area contributed by atoms with Crippen molar-refractivity contribution in [2.75, 3.05) is 6.54 Å². The lowest BCUT2D eigenvalue weighted by atomic mass is 9.70. The van der Waals surface area contributed by atoms with Crippen molar-refractivity contribution in [2.24, 2.45) is 11.1 Å². The topological polar surface area (TPSA) is 43.1 Å².